The first-order chi connectivity index (χ1) is 49.5. The number of nitrogens with zero attached hydrogens (tertiary/aromatic N) is 4. The zero-order chi connectivity index (χ0) is 74.9. The van der Waals surface area contributed by atoms with Crippen LogP contribution >= 0.6 is 78.3 Å². The lowest BCUT2D eigenvalue weighted by Crippen LogP contribution is -2.43. The molecule has 0 bridgehead atoms. The summed E-state index contributed by atoms with van der Waals surface area (Å²) in [6.45, 7) is 2.15. The number of hydrogen-bond acceptors (Lipinski definition) is 12. The highest BCUT2D eigenvalue weighted by molar-refractivity contribution is 9.10. The van der Waals surface area contributed by atoms with Gasteiger partial charge in [0, 0.05) is 90.1 Å². The lowest BCUT2D eigenvalue weighted by Gasteiger charge is -2.31. The highest BCUT2D eigenvalue weighted by Gasteiger charge is 2.38. The molecule has 8 aromatic rings. The van der Waals surface area contributed by atoms with Gasteiger partial charge in [-0.15, -0.1) is 0 Å². The van der Waals surface area contributed by atoms with Gasteiger partial charge in [0.2, 0.25) is 63.7 Å². The van der Waals surface area contributed by atoms with Gasteiger partial charge < -0.3 is 21.3 Å². The average Bonchev–Trinajstić information content (AvgIpc) is 0.813. The number of rotatable bonds is 16. The van der Waals surface area contributed by atoms with Gasteiger partial charge >= 0.3 is 0 Å². The molecule has 4 aliphatic rings. The van der Waals surface area contributed by atoms with Crippen molar-refractivity contribution in [2.45, 2.75) is 70.9 Å². The third-order valence-corrected chi connectivity index (χ3v) is 28.0. The number of piperidine rings is 4. The summed E-state index contributed by atoms with van der Waals surface area (Å²) in [5.41, 5.74) is 1.88. The predicted octanol–water partition coefficient (Wildman–Crippen LogP) is 15.3. The van der Waals surface area contributed by atoms with E-state index < -0.39 is 81.3 Å². The number of amides is 4. The van der Waals surface area contributed by atoms with Gasteiger partial charge in [-0.3, -0.25) is 19.2 Å². The quantitative estimate of drug-likeness (QED) is 0.0704. The minimum atomic E-state index is -3.67. The second-order valence-corrected chi connectivity index (χ2v) is 35.6. The molecule has 4 heterocycles. The van der Waals surface area contributed by atoms with Crippen molar-refractivity contribution in [2.24, 2.45) is 23.7 Å². The third kappa shape index (κ3) is 21.8. The molecule has 0 spiro atoms. The Labute approximate surface area is 641 Å². The number of halogens is 8. The standard InChI is InChI=1S/2C18H18BrClN2O3S.C18H18Cl2N2O3S.C18H18F2N2O3S/c19-16-11-14(8-9-17(16)20)21-18(23)13-5-4-10-22(12-13)26(24,25)15-6-2-1-3-7-15;3*19-16-9-8-14(11-17(16)20)21-18(23)13-5-4-10-22(12-13)26(24,25)15-6-2-1-3-7-15/h4*1-3,6-9,11,13H,4-5,10,12H2,(H,21,23). The first-order valence-electron chi connectivity index (χ1n) is 32.8. The molecule has 4 atom stereocenters. The summed E-state index contributed by atoms with van der Waals surface area (Å²) in [6, 6.07) is 51.1. The summed E-state index contributed by atoms with van der Waals surface area (Å²) in [7, 11) is -14.4. The topological polar surface area (TPSA) is 266 Å². The number of carbonyl (C=O) groups is 4. The Morgan fingerprint density at radius 1 is 0.327 bits per heavy atom. The van der Waals surface area contributed by atoms with Gasteiger partial charge in [0.25, 0.3) is 0 Å². The molecule has 0 saturated carbocycles. The van der Waals surface area contributed by atoms with Gasteiger partial charge in [-0.05, 0) is 198 Å². The minimum Gasteiger partial charge on any atom is -0.326 e. The Morgan fingerprint density at radius 2 is 0.606 bits per heavy atom. The maximum absolute atomic E-state index is 13.3. The number of benzene rings is 8. The Kier molecular flexibility index (Phi) is 29.1. The van der Waals surface area contributed by atoms with Gasteiger partial charge in [-0.2, -0.15) is 17.2 Å². The molecule has 4 N–H and O–H groups in total. The molecular formula is C72H72Br2Cl4F2N8O12S4. The van der Waals surface area contributed by atoms with Crippen LogP contribution in [-0.4, -0.2) is 127 Å². The van der Waals surface area contributed by atoms with Gasteiger partial charge in [0.1, 0.15) is 0 Å². The molecule has 12 rings (SSSR count). The zero-order valence-corrected chi connectivity index (χ0v) is 64.9. The van der Waals surface area contributed by atoms with E-state index in [1.165, 1.54) is 35.4 Å². The van der Waals surface area contributed by atoms with Gasteiger partial charge in [-0.25, -0.2) is 42.5 Å². The van der Waals surface area contributed by atoms with Crippen LogP contribution in [0.4, 0.5) is 31.5 Å². The van der Waals surface area contributed by atoms with Crippen molar-refractivity contribution in [2.75, 3.05) is 73.6 Å². The Balaban J connectivity index is 0.000000161. The summed E-state index contributed by atoms with van der Waals surface area (Å²) in [4.78, 5) is 51.1. The van der Waals surface area contributed by atoms with Crippen molar-refractivity contribution in [3.63, 3.8) is 0 Å². The van der Waals surface area contributed by atoms with Crippen LogP contribution in [0, 0.1) is 35.3 Å². The van der Waals surface area contributed by atoms with Crippen LogP contribution in [0.25, 0.3) is 0 Å². The van der Waals surface area contributed by atoms with Crippen LogP contribution in [0.5, 0.6) is 0 Å². The van der Waals surface area contributed by atoms with E-state index in [9.17, 15) is 61.6 Å². The lowest BCUT2D eigenvalue weighted by atomic mass is 9.98. The van der Waals surface area contributed by atoms with Crippen LogP contribution in [0.1, 0.15) is 51.4 Å². The van der Waals surface area contributed by atoms with E-state index in [0.717, 1.165) is 16.6 Å². The smallest absolute Gasteiger partial charge is 0.243 e. The molecule has 0 aromatic heterocycles. The molecule has 0 radical (unpaired) electrons. The van der Waals surface area contributed by atoms with E-state index in [2.05, 4.69) is 53.1 Å². The zero-order valence-electron chi connectivity index (χ0n) is 55.4. The Morgan fingerprint density at radius 3 is 0.904 bits per heavy atom. The van der Waals surface area contributed by atoms with Crippen LogP contribution in [0.15, 0.2) is 223 Å². The van der Waals surface area contributed by atoms with Crippen LogP contribution in [0.3, 0.4) is 0 Å². The van der Waals surface area contributed by atoms with Crippen molar-refractivity contribution in [1.82, 2.24) is 17.2 Å². The number of hydrogen-bond donors (Lipinski definition) is 4. The summed E-state index contributed by atoms with van der Waals surface area (Å²) in [5, 5.41) is 12.8. The van der Waals surface area contributed by atoms with Crippen LogP contribution in [0.2, 0.25) is 20.1 Å². The number of nitrogens with one attached hydrogen (secondary N) is 4. The van der Waals surface area contributed by atoms with Crippen LogP contribution < -0.4 is 21.3 Å². The fourth-order valence-corrected chi connectivity index (χ4v) is 19.1. The van der Waals surface area contributed by atoms with Crippen molar-refractivity contribution in [1.29, 1.82) is 0 Å². The Hall–Kier alpha value is -6.74. The normalized spacial score (nSPS) is 18.5. The lowest BCUT2D eigenvalue weighted by molar-refractivity contribution is -0.121. The molecule has 20 nitrogen and oxygen atoms in total. The molecule has 4 aliphatic heterocycles. The van der Waals surface area contributed by atoms with E-state index in [0.29, 0.717) is 119 Å². The number of anilines is 4. The monoisotopic (exact) mass is 1700 g/mol. The van der Waals surface area contributed by atoms with E-state index in [-0.39, 0.29) is 69.2 Å². The Bertz CT molecular complexity index is 4230. The number of sulfonamides is 4. The molecule has 8 aromatic carbocycles. The molecule has 4 amide bonds. The highest BCUT2D eigenvalue weighted by atomic mass is 79.9. The van der Waals surface area contributed by atoms with E-state index in [1.54, 1.807) is 164 Å². The molecule has 4 fully saturated rings. The van der Waals surface area contributed by atoms with Crippen LogP contribution in [-0.2, 0) is 59.3 Å². The molecule has 32 heteroatoms. The van der Waals surface area contributed by atoms with Gasteiger partial charge in [0.05, 0.1) is 63.3 Å². The second kappa shape index (κ2) is 37.2. The van der Waals surface area contributed by atoms with Crippen molar-refractivity contribution >= 4 is 165 Å². The fraction of sp³-hybridized carbons (Fsp3) is 0.278. The first kappa shape index (κ1) is 81.3. The molecule has 552 valence electrons. The molecular weight excluding hydrogens is 1640 g/mol. The van der Waals surface area contributed by atoms with E-state index >= 15 is 0 Å². The van der Waals surface area contributed by atoms with Gasteiger partial charge in [0.15, 0.2) is 11.6 Å². The maximum atomic E-state index is 13.3. The van der Waals surface area contributed by atoms with Crippen molar-refractivity contribution in [3.8, 4) is 0 Å². The molecule has 104 heavy (non-hydrogen) atoms. The second-order valence-electron chi connectivity index (χ2n) is 24.5. The molecule has 0 aliphatic carbocycles. The minimum absolute atomic E-state index is 0.0484. The van der Waals surface area contributed by atoms with Crippen molar-refractivity contribution in [3.05, 3.63) is 235 Å². The average molecular weight is 1710 g/mol. The highest BCUT2D eigenvalue weighted by Crippen LogP contribution is 2.33. The summed E-state index contributed by atoms with van der Waals surface area (Å²) in [5.74, 6) is -4.85. The maximum Gasteiger partial charge on any atom is 0.243 e. The molecule has 4 unspecified atom stereocenters. The summed E-state index contributed by atoms with van der Waals surface area (Å²) >= 11 is 30.5. The first-order valence-corrected chi connectivity index (χ1v) is 41.6. The van der Waals surface area contributed by atoms with Crippen molar-refractivity contribution < 1.29 is 61.6 Å². The third-order valence-electron chi connectivity index (χ3n) is 17.3. The van der Waals surface area contributed by atoms with Gasteiger partial charge in [-0.1, -0.05) is 119 Å². The summed E-state index contributed by atoms with van der Waals surface area (Å²) < 4.78 is 135. The predicted molar refractivity (Wildman–Crippen MR) is 407 cm³/mol. The largest absolute Gasteiger partial charge is 0.326 e. The SMILES string of the molecule is O=C(Nc1ccc(Br)c(Cl)c1)C1CCCN(S(=O)(=O)c2ccccc2)C1.O=C(Nc1ccc(Cl)c(Br)c1)C1CCCN(S(=O)(=O)c2ccccc2)C1.O=C(Nc1ccc(Cl)c(Cl)c1)C1CCCN(S(=O)(=O)c2ccccc2)C1.O=C(Nc1ccc(F)c(F)c1)C1CCCN(S(=O)(=O)c2ccccc2)C1. The number of carbonyl (C=O) groups excluding carboxylic acids is 4. The molecule has 4 saturated heterocycles. The van der Waals surface area contributed by atoms with E-state index in [1.807, 2.05) is 0 Å². The van der Waals surface area contributed by atoms with E-state index in [4.69, 9.17) is 46.4 Å². The fourth-order valence-electron chi connectivity index (χ4n) is 11.7. The summed E-state index contributed by atoms with van der Waals surface area (Å²) in [6.07, 6.45) is 4.93.